The van der Waals surface area contributed by atoms with Crippen LogP contribution in [-0.2, 0) is 0 Å². The van der Waals surface area contributed by atoms with Crippen molar-refractivity contribution in [2.24, 2.45) is 0 Å². The highest BCUT2D eigenvalue weighted by atomic mass is 16.5. The van der Waals surface area contributed by atoms with Gasteiger partial charge in [0.25, 0.3) is 0 Å². The minimum atomic E-state index is 0.0197. The first kappa shape index (κ1) is 24.4. The minimum Gasteiger partial charge on any atom is -0.489 e. The molecule has 0 heterocycles. The van der Waals surface area contributed by atoms with Crippen LogP contribution in [0, 0.1) is 0 Å². The molecular weight excluding hydrogens is 384 g/mol. The number of ketones is 1. The number of benzene rings is 2. The average molecular weight is 419 g/mol. The number of aliphatic hydroxyl groups is 1. The van der Waals surface area contributed by atoms with E-state index in [2.05, 4.69) is 32.9 Å². The third-order valence-electron chi connectivity index (χ3n) is 5.12. The van der Waals surface area contributed by atoms with Gasteiger partial charge in [-0.3, -0.25) is 4.79 Å². The van der Waals surface area contributed by atoms with E-state index >= 15 is 0 Å². The van der Waals surface area contributed by atoms with Crippen LogP contribution >= 0.6 is 0 Å². The number of rotatable bonds is 12. The number of carbonyl (C=O) groups excluding carboxylic acids is 1. The van der Waals surface area contributed by atoms with Gasteiger partial charge in [0.2, 0.25) is 0 Å². The Balaban J connectivity index is 1.75. The first-order chi connectivity index (χ1) is 15.0. The fourth-order valence-electron chi connectivity index (χ4n) is 3.17. The van der Waals surface area contributed by atoms with Gasteiger partial charge in [0.15, 0.2) is 5.78 Å². The van der Waals surface area contributed by atoms with Gasteiger partial charge in [0, 0.05) is 11.1 Å². The standard InChI is InChI=1S/C28H34O3/c1-22(9-7-11-23(2)19-20-29)10-8-12-24(3)21-31-27-17-15-26(16-18-27)28(30)25-13-5-4-6-14-25/h4-6,9,12-19,29H,7-8,10-11,20-21H2,1-3H3/b22-9+,23-19+,24-12+. The molecule has 0 aliphatic rings. The van der Waals surface area contributed by atoms with Crippen molar-refractivity contribution in [2.75, 3.05) is 13.2 Å². The summed E-state index contributed by atoms with van der Waals surface area (Å²) in [5.74, 6) is 0.783. The fraction of sp³-hybridized carbons (Fsp3) is 0.321. The Labute approximate surface area is 186 Å². The van der Waals surface area contributed by atoms with Gasteiger partial charge in [-0.05, 0) is 76.3 Å². The van der Waals surface area contributed by atoms with Crippen LogP contribution in [0.5, 0.6) is 5.75 Å². The first-order valence-electron chi connectivity index (χ1n) is 10.9. The second-order valence-electron chi connectivity index (χ2n) is 7.92. The molecule has 0 radical (unpaired) electrons. The van der Waals surface area contributed by atoms with E-state index in [-0.39, 0.29) is 12.4 Å². The molecule has 0 unspecified atom stereocenters. The zero-order valence-corrected chi connectivity index (χ0v) is 18.9. The van der Waals surface area contributed by atoms with Crippen molar-refractivity contribution in [1.82, 2.24) is 0 Å². The van der Waals surface area contributed by atoms with E-state index in [1.54, 1.807) is 0 Å². The van der Waals surface area contributed by atoms with Gasteiger partial charge < -0.3 is 9.84 Å². The zero-order chi connectivity index (χ0) is 22.5. The van der Waals surface area contributed by atoms with Crippen molar-refractivity contribution in [3.63, 3.8) is 0 Å². The summed E-state index contributed by atoms with van der Waals surface area (Å²) in [5, 5.41) is 8.88. The van der Waals surface area contributed by atoms with Gasteiger partial charge in [0.1, 0.15) is 12.4 Å². The van der Waals surface area contributed by atoms with E-state index < -0.39 is 0 Å². The van der Waals surface area contributed by atoms with Crippen LogP contribution in [-0.4, -0.2) is 24.1 Å². The quantitative estimate of drug-likeness (QED) is 0.309. The molecule has 0 saturated carbocycles. The third-order valence-corrected chi connectivity index (χ3v) is 5.12. The molecule has 164 valence electrons. The van der Waals surface area contributed by atoms with E-state index in [0.717, 1.165) is 31.4 Å². The maximum atomic E-state index is 12.5. The van der Waals surface area contributed by atoms with Crippen LogP contribution in [0.1, 0.15) is 62.4 Å². The average Bonchev–Trinajstić information content (AvgIpc) is 2.78. The van der Waals surface area contributed by atoms with Crippen LogP contribution in [0.25, 0.3) is 0 Å². The van der Waals surface area contributed by atoms with Gasteiger partial charge in [-0.15, -0.1) is 0 Å². The molecule has 1 N–H and O–H groups in total. The summed E-state index contributed by atoms with van der Waals surface area (Å²) in [5.41, 5.74) is 5.17. The van der Waals surface area contributed by atoms with Crippen LogP contribution in [0.4, 0.5) is 0 Å². The van der Waals surface area contributed by atoms with Gasteiger partial charge in [-0.25, -0.2) is 0 Å². The number of hydrogen-bond acceptors (Lipinski definition) is 3. The van der Waals surface area contributed by atoms with E-state index in [9.17, 15) is 4.79 Å². The molecular formula is C28H34O3. The highest BCUT2D eigenvalue weighted by Gasteiger charge is 2.08. The maximum absolute atomic E-state index is 12.5. The maximum Gasteiger partial charge on any atom is 0.193 e. The highest BCUT2D eigenvalue weighted by molar-refractivity contribution is 6.08. The minimum absolute atomic E-state index is 0.0197. The normalized spacial score (nSPS) is 12.7. The Hall–Kier alpha value is -2.91. The lowest BCUT2D eigenvalue weighted by atomic mass is 10.0. The summed E-state index contributed by atoms with van der Waals surface area (Å²) >= 11 is 0. The largest absolute Gasteiger partial charge is 0.489 e. The molecule has 0 bridgehead atoms. The van der Waals surface area contributed by atoms with Crippen LogP contribution < -0.4 is 4.74 Å². The summed E-state index contributed by atoms with van der Waals surface area (Å²) in [7, 11) is 0. The molecule has 0 amide bonds. The second-order valence-corrected chi connectivity index (χ2v) is 7.92. The number of ether oxygens (including phenoxy) is 1. The molecule has 2 aromatic carbocycles. The molecule has 0 saturated heterocycles. The lowest BCUT2D eigenvalue weighted by Gasteiger charge is -2.08. The predicted octanol–water partition coefficient (Wildman–Crippen LogP) is 6.69. The first-order valence-corrected chi connectivity index (χ1v) is 10.9. The molecule has 0 spiro atoms. The lowest BCUT2D eigenvalue weighted by Crippen LogP contribution is -2.02. The topological polar surface area (TPSA) is 46.5 Å². The monoisotopic (exact) mass is 418 g/mol. The highest BCUT2D eigenvalue weighted by Crippen LogP contribution is 2.17. The second kappa shape index (κ2) is 13.4. The molecule has 0 aliphatic heterocycles. The summed E-state index contributed by atoms with van der Waals surface area (Å²) in [6.07, 6.45) is 10.4. The summed E-state index contributed by atoms with van der Waals surface area (Å²) < 4.78 is 5.86. The fourth-order valence-corrected chi connectivity index (χ4v) is 3.17. The van der Waals surface area contributed by atoms with Crippen molar-refractivity contribution >= 4 is 5.78 Å². The molecule has 0 atom stereocenters. The Bertz CT molecular complexity index is 903. The van der Waals surface area contributed by atoms with Gasteiger partial charge >= 0.3 is 0 Å². The molecule has 3 heteroatoms. The number of carbonyl (C=O) groups is 1. The van der Waals surface area contributed by atoms with Gasteiger partial charge in [-0.2, -0.15) is 0 Å². The summed E-state index contributed by atoms with van der Waals surface area (Å²) in [4.78, 5) is 12.5. The smallest absolute Gasteiger partial charge is 0.193 e. The van der Waals surface area contributed by atoms with Crippen LogP contribution in [0.15, 0.2) is 89.5 Å². The van der Waals surface area contributed by atoms with Crippen molar-refractivity contribution in [1.29, 1.82) is 0 Å². The van der Waals surface area contributed by atoms with Crippen molar-refractivity contribution in [3.8, 4) is 5.75 Å². The lowest BCUT2D eigenvalue weighted by molar-refractivity contribution is 0.103. The van der Waals surface area contributed by atoms with Gasteiger partial charge in [0.05, 0.1) is 6.61 Å². The Morgan fingerprint density at radius 2 is 1.32 bits per heavy atom. The molecule has 0 aromatic heterocycles. The van der Waals surface area contributed by atoms with Gasteiger partial charge in [-0.1, -0.05) is 59.7 Å². The molecule has 2 rings (SSSR count). The van der Waals surface area contributed by atoms with E-state index in [1.165, 1.54) is 16.7 Å². The summed E-state index contributed by atoms with van der Waals surface area (Å²) in [6.45, 7) is 6.97. The Morgan fingerprint density at radius 1 is 0.774 bits per heavy atom. The number of aliphatic hydroxyl groups excluding tert-OH is 1. The molecule has 0 fully saturated rings. The number of hydrogen-bond donors (Lipinski definition) is 1. The van der Waals surface area contributed by atoms with Crippen LogP contribution in [0.3, 0.4) is 0 Å². The van der Waals surface area contributed by atoms with E-state index in [4.69, 9.17) is 9.84 Å². The Kier molecular flexibility index (Phi) is 10.5. The Morgan fingerprint density at radius 3 is 1.94 bits per heavy atom. The van der Waals surface area contributed by atoms with E-state index in [0.29, 0.717) is 17.7 Å². The SMILES string of the molecule is C/C(=C\CO)CC/C=C(\C)CC/C=C(\C)COc1ccc(C(=O)c2ccccc2)cc1. The van der Waals surface area contributed by atoms with Crippen molar-refractivity contribution in [2.45, 2.75) is 46.5 Å². The zero-order valence-electron chi connectivity index (χ0n) is 18.9. The van der Waals surface area contributed by atoms with Crippen molar-refractivity contribution in [3.05, 3.63) is 101 Å². The van der Waals surface area contributed by atoms with Crippen molar-refractivity contribution < 1.29 is 14.6 Å². The third kappa shape index (κ3) is 9.18. The summed E-state index contributed by atoms with van der Waals surface area (Å²) in [6, 6.07) is 16.6. The number of allylic oxidation sites excluding steroid dienone is 4. The predicted molar refractivity (Wildman–Crippen MR) is 129 cm³/mol. The van der Waals surface area contributed by atoms with Crippen LogP contribution in [0.2, 0.25) is 0 Å². The molecule has 3 nitrogen and oxygen atoms in total. The molecule has 0 aliphatic carbocycles. The van der Waals surface area contributed by atoms with E-state index in [1.807, 2.05) is 60.7 Å². The molecule has 2 aromatic rings. The molecule has 31 heavy (non-hydrogen) atoms.